The van der Waals surface area contributed by atoms with Gasteiger partial charge in [-0.2, -0.15) is 0 Å². The van der Waals surface area contributed by atoms with Crippen LogP contribution in [0.25, 0.3) is 0 Å². The Morgan fingerprint density at radius 1 is 1.07 bits per heavy atom. The summed E-state index contributed by atoms with van der Waals surface area (Å²) in [7, 11) is 0. The average Bonchev–Trinajstić information content (AvgIpc) is 2.98. The fraction of sp³-hybridized carbons (Fsp3) is 0.300. The van der Waals surface area contributed by atoms with E-state index in [-0.39, 0.29) is 22.9 Å². The molecule has 0 fully saturated rings. The number of ether oxygens (including phenoxy) is 2. The minimum absolute atomic E-state index is 0.00592. The molecule has 2 amide bonds. The minimum Gasteiger partial charge on any atom is -0.459 e. The molecule has 2 aromatic rings. The maximum Gasteiger partial charge on any atom is 0.355 e. The minimum atomic E-state index is -0.866. The van der Waals surface area contributed by atoms with Gasteiger partial charge in [-0.15, -0.1) is 0 Å². The van der Waals surface area contributed by atoms with Gasteiger partial charge in [0.25, 0.3) is 11.8 Å². The first-order valence-electron chi connectivity index (χ1n) is 9.02. The zero-order valence-electron chi connectivity index (χ0n) is 16.9. The van der Waals surface area contributed by atoms with Crippen molar-refractivity contribution in [1.82, 2.24) is 15.8 Å². The van der Waals surface area contributed by atoms with Crippen LogP contribution in [0.2, 0.25) is 0 Å². The summed E-state index contributed by atoms with van der Waals surface area (Å²) >= 11 is 0. The molecule has 10 heteroatoms. The van der Waals surface area contributed by atoms with E-state index >= 15 is 0 Å². The lowest BCUT2D eigenvalue weighted by molar-refractivity contribution is -0.125. The number of amides is 2. The van der Waals surface area contributed by atoms with Gasteiger partial charge in [-0.3, -0.25) is 20.4 Å². The van der Waals surface area contributed by atoms with E-state index in [4.69, 9.17) is 9.47 Å². The maximum absolute atomic E-state index is 13.5. The number of hydrogen-bond donors (Lipinski definition) is 3. The van der Waals surface area contributed by atoms with E-state index in [1.165, 1.54) is 18.2 Å². The summed E-state index contributed by atoms with van der Waals surface area (Å²) in [4.78, 5) is 50.8. The van der Waals surface area contributed by atoms with E-state index in [0.717, 1.165) is 6.07 Å². The Morgan fingerprint density at radius 2 is 1.73 bits per heavy atom. The standard InChI is InChI=1S/C20H22FN3O6/c1-10(2)30-19(27)16-11(3)17(22-12(16)4)20(28)29-9-15(25)23-24-18(26)13-7-5-6-8-14(13)21/h5-8,10,22H,9H2,1-4H3,(H,23,25)(H,24,26). The number of carbonyl (C=O) groups excluding carboxylic acids is 4. The van der Waals surface area contributed by atoms with Crippen LogP contribution in [0.3, 0.4) is 0 Å². The molecule has 0 aliphatic carbocycles. The van der Waals surface area contributed by atoms with E-state index in [9.17, 15) is 23.6 Å². The first-order chi connectivity index (χ1) is 14.1. The second-order valence-electron chi connectivity index (χ2n) is 6.64. The van der Waals surface area contributed by atoms with Gasteiger partial charge in [0.05, 0.1) is 17.2 Å². The molecule has 30 heavy (non-hydrogen) atoms. The molecule has 0 bridgehead atoms. The van der Waals surface area contributed by atoms with Gasteiger partial charge in [-0.05, 0) is 45.4 Å². The van der Waals surface area contributed by atoms with E-state index < -0.39 is 36.2 Å². The number of nitrogens with one attached hydrogen (secondary N) is 3. The molecule has 0 unspecified atom stereocenters. The van der Waals surface area contributed by atoms with Crippen LogP contribution < -0.4 is 10.9 Å². The molecule has 0 aliphatic heterocycles. The van der Waals surface area contributed by atoms with Crippen LogP contribution in [0.4, 0.5) is 4.39 Å². The molecule has 3 N–H and O–H groups in total. The van der Waals surface area contributed by atoms with Crippen LogP contribution >= 0.6 is 0 Å². The molecule has 0 atom stereocenters. The van der Waals surface area contributed by atoms with Crippen molar-refractivity contribution in [1.29, 1.82) is 0 Å². The van der Waals surface area contributed by atoms with Gasteiger partial charge in [0.1, 0.15) is 11.5 Å². The molecule has 0 saturated carbocycles. The van der Waals surface area contributed by atoms with Crippen molar-refractivity contribution in [3.63, 3.8) is 0 Å². The zero-order chi connectivity index (χ0) is 22.4. The van der Waals surface area contributed by atoms with Gasteiger partial charge < -0.3 is 14.5 Å². The number of carbonyl (C=O) groups is 4. The molecule has 0 spiro atoms. The fourth-order valence-electron chi connectivity index (χ4n) is 2.61. The highest BCUT2D eigenvalue weighted by molar-refractivity contribution is 5.99. The Balaban J connectivity index is 1.93. The van der Waals surface area contributed by atoms with Crippen molar-refractivity contribution < 1.29 is 33.0 Å². The summed E-state index contributed by atoms with van der Waals surface area (Å²) in [5, 5.41) is 0. The van der Waals surface area contributed by atoms with Crippen LogP contribution in [0.1, 0.15) is 56.3 Å². The van der Waals surface area contributed by atoms with Crippen molar-refractivity contribution in [3.05, 3.63) is 58.2 Å². The maximum atomic E-state index is 13.5. The molecular formula is C20H22FN3O6. The summed E-state index contributed by atoms with van der Waals surface area (Å²) in [6.45, 7) is 5.85. The van der Waals surface area contributed by atoms with Crippen LogP contribution in [0, 0.1) is 19.7 Å². The number of aromatic amines is 1. The molecule has 1 heterocycles. The molecule has 0 radical (unpaired) electrons. The fourth-order valence-corrected chi connectivity index (χ4v) is 2.61. The molecular weight excluding hydrogens is 397 g/mol. The second kappa shape index (κ2) is 9.68. The highest BCUT2D eigenvalue weighted by atomic mass is 19.1. The van der Waals surface area contributed by atoms with E-state index in [0.29, 0.717) is 11.3 Å². The monoisotopic (exact) mass is 419 g/mol. The average molecular weight is 419 g/mol. The number of esters is 2. The smallest absolute Gasteiger partial charge is 0.355 e. The first-order valence-corrected chi connectivity index (χ1v) is 9.02. The Labute approximate surface area is 171 Å². The molecule has 0 saturated heterocycles. The van der Waals surface area contributed by atoms with Gasteiger partial charge in [0.15, 0.2) is 6.61 Å². The van der Waals surface area contributed by atoms with E-state index in [1.807, 2.05) is 10.9 Å². The highest BCUT2D eigenvalue weighted by Crippen LogP contribution is 2.20. The van der Waals surface area contributed by atoms with Crippen LogP contribution in [-0.2, 0) is 14.3 Å². The van der Waals surface area contributed by atoms with Gasteiger partial charge in [0.2, 0.25) is 0 Å². The SMILES string of the molecule is Cc1[nH]c(C(=O)OCC(=O)NNC(=O)c2ccccc2F)c(C)c1C(=O)OC(C)C. The largest absolute Gasteiger partial charge is 0.459 e. The number of halogens is 1. The van der Waals surface area contributed by atoms with Crippen molar-refractivity contribution >= 4 is 23.8 Å². The van der Waals surface area contributed by atoms with Crippen LogP contribution in [0.15, 0.2) is 24.3 Å². The third kappa shape index (κ3) is 5.43. The zero-order valence-corrected chi connectivity index (χ0v) is 16.9. The second-order valence-corrected chi connectivity index (χ2v) is 6.64. The third-order valence-corrected chi connectivity index (χ3v) is 3.96. The molecule has 9 nitrogen and oxygen atoms in total. The number of hydrogen-bond acceptors (Lipinski definition) is 6. The summed E-state index contributed by atoms with van der Waals surface area (Å²) in [6, 6.07) is 5.23. The molecule has 2 rings (SSSR count). The number of benzene rings is 1. The normalized spacial score (nSPS) is 10.5. The predicted octanol–water partition coefficient (Wildman–Crippen LogP) is 1.95. The van der Waals surface area contributed by atoms with Crippen molar-refractivity contribution in [2.75, 3.05) is 6.61 Å². The van der Waals surface area contributed by atoms with Crippen molar-refractivity contribution in [2.45, 2.75) is 33.8 Å². The van der Waals surface area contributed by atoms with Crippen LogP contribution in [0.5, 0.6) is 0 Å². The van der Waals surface area contributed by atoms with Gasteiger partial charge in [0, 0.05) is 5.69 Å². The van der Waals surface area contributed by atoms with Crippen molar-refractivity contribution in [3.8, 4) is 0 Å². The van der Waals surface area contributed by atoms with Gasteiger partial charge in [-0.25, -0.2) is 14.0 Å². The number of aromatic nitrogens is 1. The summed E-state index contributed by atoms with van der Waals surface area (Å²) in [5.41, 5.74) is 4.76. The quantitative estimate of drug-likeness (QED) is 0.485. The summed E-state index contributed by atoms with van der Waals surface area (Å²) < 4.78 is 23.6. The molecule has 1 aromatic heterocycles. The molecule has 1 aromatic carbocycles. The number of H-pyrrole nitrogens is 1. The number of aryl methyl sites for hydroxylation is 1. The third-order valence-electron chi connectivity index (χ3n) is 3.96. The van der Waals surface area contributed by atoms with E-state index in [2.05, 4.69) is 4.98 Å². The lowest BCUT2D eigenvalue weighted by Gasteiger charge is -2.09. The number of hydrazine groups is 1. The predicted molar refractivity (Wildman–Crippen MR) is 103 cm³/mol. The van der Waals surface area contributed by atoms with E-state index in [1.54, 1.807) is 27.7 Å². The lowest BCUT2D eigenvalue weighted by Crippen LogP contribution is -2.43. The van der Waals surface area contributed by atoms with Gasteiger partial charge in [-0.1, -0.05) is 12.1 Å². The van der Waals surface area contributed by atoms with Crippen LogP contribution in [-0.4, -0.2) is 41.4 Å². The Hall–Kier alpha value is -3.69. The summed E-state index contributed by atoms with van der Waals surface area (Å²) in [5.74, 6) is -3.90. The Kier molecular flexibility index (Phi) is 7.29. The number of rotatable bonds is 6. The summed E-state index contributed by atoms with van der Waals surface area (Å²) in [6.07, 6.45) is -0.329. The van der Waals surface area contributed by atoms with Gasteiger partial charge >= 0.3 is 11.9 Å². The Morgan fingerprint density at radius 3 is 2.37 bits per heavy atom. The highest BCUT2D eigenvalue weighted by Gasteiger charge is 2.25. The topological polar surface area (TPSA) is 127 Å². The molecule has 0 aliphatic rings. The van der Waals surface area contributed by atoms with Crippen molar-refractivity contribution in [2.24, 2.45) is 0 Å². The first kappa shape index (κ1) is 22.6. The lowest BCUT2D eigenvalue weighted by atomic mass is 10.1. The Bertz CT molecular complexity index is 983. The molecule has 160 valence electrons.